The molecule has 2 heterocycles. The molecular weight excluding hydrogens is 436 g/mol. The average molecular weight is 455 g/mol. The van der Waals surface area contributed by atoms with Gasteiger partial charge in [-0.3, -0.25) is 10.1 Å². The molecule has 1 N–H and O–H groups in total. The van der Waals surface area contributed by atoms with Crippen LogP contribution in [0.5, 0.6) is 0 Å². The summed E-state index contributed by atoms with van der Waals surface area (Å²) in [7, 11) is -3.90. The molecule has 3 aromatic rings. The quantitative estimate of drug-likeness (QED) is 0.425. The maximum Gasteiger partial charge on any atom is 0.284 e. The molecule has 10 nitrogen and oxygen atoms in total. The average Bonchev–Trinajstić information content (AvgIpc) is 3.26. The van der Waals surface area contributed by atoms with E-state index in [0.717, 1.165) is 22.7 Å². The molecule has 0 aliphatic rings. The topological polar surface area (TPSA) is 133 Å². The van der Waals surface area contributed by atoms with Crippen LogP contribution in [0, 0.1) is 10.1 Å². The molecule has 0 radical (unpaired) electrons. The molecule has 1 aromatic carbocycles. The number of nitro groups is 1. The number of hydrogen-bond acceptors (Lipinski definition) is 9. The van der Waals surface area contributed by atoms with Gasteiger partial charge in [0.15, 0.2) is 0 Å². The maximum absolute atomic E-state index is 12.5. The minimum atomic E-state index is -3.90. The van der Waals surface area contributed by atoms with Gasteiger partial charge in [-0.25, -0.2) is 17.8 Å². The summed E-state index contributed by atoms with van der Waals surface area (Å²) >= 11 is 2.55. The van der Waals surface area contributed by atoms with Gasteiger partial charge in [-0.15, -0.1) is 16.4 Å². The summed E-state index contributed by atoms with van der Waals surface area (Å²) in [5, 5.41) is 25.4. The van der Waals surface area contributed by atoms with E-state index < -0.39 is 20.5 Å². The smallest absolute Gasteiger partial charge is 0.258 e. The number of rotatable bonds is 7. The lowest BCUT2D eigenvalue weighted by molar-refractivity contribution is -0.388. The van der Waals surface area contributed by atoms with Crippen molar-refractivity contribution in [3.63, 3.8) is 0 Å². The van der Waals surface area contributed by atoms with Crippen molar-refractivity contribution in [2.75, 3.05) is 0 Å². The zero-order valence-electron chi connectivity index (χ0n) is 15.8. The van der Waals surface area contributed by atoms with E-state index in [-0.39, 0.29) is 15.5 Å². The van der Waals surface area contributed by atoms with Gasteiger partial charge in [-0.2, -0.15) is 0 Å². The molecule has 2 aromatic heterocycles. The second kappa shape index (κ2) is 8.18. The summed E-state index contributed by atoms with van der Waals surface area (Å²) in [4.78, 5) is 12.1. The van der Waals surface area contributed by atoms with Crippen molar-refractivity contribution in [3.8, 4) is 0 Å². The van der Waals surface area contributed by atoms with Crippen LogP contribution < -0.4 is 4.72 Å². The Labute approximate surface area is 175 Å². The predicted molar refractivity (Wildman–Crippen MR) is 109 cm³/mol. The summed E-state index contributed by atoms with van der Waals surface area (Å²) in [6.45, 7) is 5.51. The van der Waals surface area contributed by atoms with Gasteiger partial charge in [0.1, 0.15) is 0 Å². The van der Waals surface area contributed by atoms with Crippen LogP contribution in [0.15, 0.2) is 50.7 Å². The summed E-state index contributed by atoms with van der Waals surface area (Å²) in [6.07, 6.45) is 0. The van der Waals surface area contributed by atoms with Crippen LogP contribution >= 0.6 is 23.1 Å². The zero-order valence-corrected chi connectivity index (χ0v) is 18.2. The highest BCUT2D eigenvalue weighted by Crippen LogP contribution is 2.35. The van der Waals surface area contributed by atoms with E-state index >= 15 is 0 Å². The number of hydrogen-bond donors (Lipinski definition) is 1. The molecule has 0 unspecified atom stereocenters. The van der Waals surface area contributed by atoms with E-state index in [1.807, 2.05) is 17.5 Å². The van der Waals surface area contributed by atoms with E-state index in [0.29, 0.717) is 11.7 Å². The number of nitro benzene ring substituents is 1. The van der Waals surface area contributed by atoms with E-state index in [9.17, 15) is 18.5 Å². The second-order valence-electron chi connectivity index (χ2n) is 7.04. The van der Waals surface area contributed by atoms with Gasteiger partial charge in [-0.05, 0) is 66.5 Å². The van der Waals surface area contributed by atoms with Gasteiger partial charge in [0.2, 0.25) is 15.2 Å². The molecular formula is C16H18N6O4S3. The van der Waals surface area contributed by atoms with E-state index in [1.54, 1.807) is 32.1 Å². The Bertz CT molecular complexity index is 1120. The van der Waals surface area contributed by atoms with Crippen LogP contribution in [0.25, 0.3) is 0 Å². The van der Waals surface area contributed by atoms with Crippen molar-refractivity contribution in [1.82, 2.24) is 24.9 Å². The maximum atomic E-state index is 12.5. The molecule has 0 atom stereocenters. The normalized spacial score (nSPS) is 12.2. The molecule has 0 saturated heterocycles. The second-order valence-corrected chi connectivity index (χ2v) is 10.8. The van der Waals surface area contributed by atoms with Gasteiger partial charge in [0.25, 0.3) is 5.69 Å². The molecule has 0 aliphatic heterocycles. The van der Waals surface area contributed by atoms with Crippen molar-refractivity contribution in [2.24, 2.45) is 0 Å². The van der Waals surface area contributed by atoms with Crippen LogP contribution in [0.4, 0.5) is 5.69 Å². The molecule has 0 spiro atoms. The van der Waals surface area contributed by atoms with Crippen LogP contribution in [-0.4, -0.2) is 39.1 Å². The number of nitrogens with zero attached hydrogens (tertiary/aromatic N) is 5. The number of tetrazole rings is 1. The molecule has 3 rings (SSSR count). The Kier molecular flexibility index (Phi) is 6.03. The van der Waals surface area contributed by atoms with Gasteiger partial charge >= 0.3 is 0 Å². The highest BCUT2D eigenvalue weighted by atomic mass is 32.2. The molecule has 0 bridgehead atoms. The van der Waals surface area contributed by atoms with Crippen molar-refractivity contribution in [1.29, 1.82) is 0 Å². The van der Waals surface area contributed by atoms with Crippen molar-refractivity contribution in [2.45, 2.75) is 47.8 Å². The van der Waals surface area contributed by atoms with Crippen LogP contribution in [-0.2, 0) is 16.6 Å². The molecule has 13 heteroatoms. The minimum absolute atomic E-state index is 0.179. The molecule has 154 valence electrons. The largest absolute Gasteiger partial charge is 0.284 e. The SMILES string of the molecule is CC(C)(C)NS(=O)(=O)c1ccc(Sc2nnnn2Cc2cccs2)c([N+](=O)[O-])c1. The fourth-order valence-corrected chi connectivity index (χ4v) is 5.35. The Hall–Kier alpha value is -2.35. The molecule has 0 aliphatic carbocycles. The third kappa shape index (κ3) is 5.38. The van der Waals surface area contributed by atoms with Crippen molar-refractivity contribution in [3.05, 3.63) is 50.7 Å². The van der Waals surface area contributed by atoms with Gasteiger partial charge in [-0.1, -0.05) is 6.07 Å². The Balaban J connectivity index is 1.91. The third-order valence-corrected chi connectivity index (χ3v) is 7.12. The lowest BCUT2D eigenvalue weighted by Gasteiger charge is -2.20. The Morgan fingerprint density at radius 2 is 2.07 bits per heavy atom. The predicted octanol–water partition coefficient (Wildman–Crippen LogP) is 2.92. The number of thiophene rings is 1. The van der Waals surface area contributed by atoms with E-state index in [1.165, 1.54) is 16.8 Å². The number of aromatic nitrogens is 4. The van der Waals surface area contributed by atoms with Crippen LogP contribution in [0.1, 0.15) is 25.6 Å². The summed E-state index contributed by atoms with van der Waals surface area (Å²) in [6, 6.07) is 7.61. The number of benzene rings is 1. The summed E-state index contributed by atoms with van der Waals surface area (Å²) in [5.41, 5.74) is -1.05. The van der Waals surface area contributed by atoms with Crippen molar-refractivity contribution < 1.29 is 13.3 Å². The molecule has 29 heavy (non-hydrogen) atoms. The van der Waals surface area contributed by atoms with Gasteiger partial charge in [0, 0.05) is 16.5 Å². The zero-order chi connectivity index (χ0) is 21.2. The summed E-state index contributed by atoms with van der Waals surface area (Å²) in [5.74, 6) is 0. The highest BCUT2D eigenvalue weighted by molar-refractivity contribution is 7.99. The van der Waals surface area contributed by atoms with Crippen LogP contribution in [0.3, 0.4) is 0 Å². The number of sulfonamides is 1. The van der Waals surface area contributed by atoms with E-state index in [2.05, 4.69) is 20.2 Å². The number of nitrogens with one attached hydrogen (secondary N) is 1. The highest BCUT2D eigenvalue weighted by Gasteiger charge is 2.26. The molecule has 0 fully saturated rings. The monoisotopic (exact) mass is 454 g/mol. The van der Waals surface area contributed by atoms with Gasteiger partial charge < -0.3 is 0 Å². The first-order valence-corrected chi connectivity index (χ1v) is 11.5. The fourth-order valence-electron chi connectivity index (χ4n) is 2.37. The van der Waals surface area contributed by atoms with Gasteiger partial charge in [0.05, 0.1) is 21.3 Å². The fraction of sp³-hybridized carbons (Fsp3) is 0.312. The Morgan fingerprint density at radius 1 is 1.31 bits per heavy atom. The first-order valence-electron chi connectivity index (χ1n) is 8.34. The molecule has 0 amide bonds. The molecule has 0 saturated carbocycles. The van der Waals surface area contributed by atoms with E-state index in [4.69, 9.17) is 0 Å². The Morgan fingerprint density at radius 3 is 2.69 bits per heavy atom. The minimum Gasteiger partial charge on any atom is -0.258 e. The third-order valence-electron chi connectivity index (χ3n) is 3.46. The lowest BCUT2D eigenvalue weighted by atomic mass is 10.1. The summed E-state index contributed by atoms with van der Waals surface area (Å²) < 4.78 is 29.0. The first-order chi connectivity index (χ1) is 13.5. The first kappa shape index (κ1) is 21.4. The standard InChI is InChI=1S/C16H18N6O4S3/c1-16(2,3)18-29(25,26)12-6-7-14(13(9-12)22(23)24)28-15-17-19-20-21(15)10-11-5-4-8-27-11/h4-9,18H,10H2,1-3H3. The lowest BCUT2D eigenvalue weighted by Crippen LogP contribution is -2.40. The van der Waals surface area contributed by atoms with Crippen molar-refractivity contribution >= 4 is 38.8 Å². The van der Waals surface area contributed by atoms with Crippen LogP contribution in [0.2, 0.25) is 0 Å².